The summed E-state index contributed by atoms with van der Waals surface area (Å²) in [4.78, 5) is 11.8. The van der Waals surface area contributed by atoms with Gasteiger partial charge in [-0.15, -0.1) is 0 Å². The summed E-state index contributed by atoms with van der Waals surface area (Å²) in [6.07, 6.45) is 4.09. The highest BCUT2D eigenvalue weighted by molar-refractivity contribution is 5.90. The van der Waals surface area contributed by atoms with E-state index >= 15 is 0 Å². The molecule has 152 valence electrons. The van der Waals surface area contributed by atoms with Gasteiger partial charge in [0.25, 0.3) is 0 Å². The maximum Gasteiger partial charge on any atom is 0.228 e. The zero-order chi connectivity index (χ0) is 20.1. The molecule has 6 heteroatoms. The number of rotatable bonds is 7. The van der Waals surface area contributed by atoms with Gasteiger partial charge in [0.1, 0.15) is 11.6 Å². The number of hydrogen-bond donors (Lipinski definition) is 2. The molecular weight excluding hydrogens is 364 g/mol. The number of piperidine rings is 1. The lowest BCUT2D eigenvalue weighted by Gasteiger charge is -2.34. The average Bonchev–Trinajstić information content (AvgIpc) is 2.79. The Hall–Kier alpha value is -2.86. The molecule has 0 radical (unpaired) electrons. The van der Waals surface area contributed by atoms with Crippen molar-refractivity contribution in [2.45, 2.75) is 31.7 Å². The van der Waals surface area contributed by atoms with Crippen LogP contribution < -0.4 is 15.0 Å². The van der Waals surface area contributed by atoms with Crippen LogP contribution in [0, 0.1) is 0 Å². The first-order valence-electron chi connectivity index (χ1n) is 10.3. The Morgan fingerprint density at radius 3 is 2.90 bits per heavy atom. The lowest BCUT2D eigenvalue weighted by Crippen LogP contribution is -2.43. The zero-order valence-corrected chi connectivity index (χ0v) is 16.8. The van der Waals surface area contributed by atoms with Gasteiger partial charge in [-0.25, -0.2) is 4.98 Å². The van der Waals surface area contributed by atoms with E-state index in [1.807, 2.05) is 36.4 Å². The monoisotopic (exact) mass is 392 g/mol. The van der Waals surface area contributed by atoms with Gasteiger partial charge in [-0.05, 0) is 55.5 Å². The number of hydrogen-bond acceptors (Lipinski definition) is 6. The smallest absolute Gasteiger partial charge is 0.228 e. The van der Waals surface area contributed by atoms with Crippen LogP contribution in [0.2, 0.25) is 0 Å². The second-order valence-electron chi connectivity index (χ2n) is 7.44. The molecular formula is C23H28N4O2. The molecule has 1 aliphatic heterocycles. The fraction of sp³-hybridized carbons (Fsp3) is 0.391. The summed E-state index contributed by atoms with van der Waals surface area (Å²) < 4.78 is 5.31. The van der Waals surface area contributed by atoms with Crippen LogP contribution in [0.15, 0.2) is 48.5 Å². The van der Waals surface area contributed by atoms with Crippen LogP contribution in [-0.4, -0.2) is 47.9 Å². The van der Waals surface area contributed by atoms with Crippen LogP contribution in [0.1, 0.15) is 24.8 Å². The summed E-state index contributed by atoms with van der Waals surface area (Å²) in [5, 5.41) is 14.3. The average molecular weight is 393 g/mol. The van der Waals surface area contributed by atoms with Crippen molar-refractivity contribution in [1.82, 2.24) is 9.97 Å². The van der Waals surface area contributed by atoms with E-state index < -0.39 is 0 Å². The molecule has 29 heavy (non-hydrogen) atoms. The number of aromatic nitrogens is 2. The highest BCUT2D eigenvalue weighted by Crippen LogP contribution is 2.27. The van der Waals surface area contributed by atoms with E-state index in [0.717, 1.165) is 61.2 Å². The second-order valence-corrected chi connectivity index (χ2v) is 7.44. The Morgan fingerprint density at radius 2 is 2.03 bits per heavy atom. The van der Waals surface area contributed by atoms with Gasteiger partial charge in [0.2, 0.25) is 5.95 Å². The zero-order valence-electron chi connectivity index (χ0n) is 16.8. The molecule has 0 bridgehead atoms. The molecule has 1 saturated heterocycles. The topological polar surface area (TPSA) is 70.5 Å². The molecule has 6 nitrogen and oxygen atoms in total. The largest absolute Gasteiger partial charge is 0.497 e. The predicted octanol–water partition coefficient (Wildman–Crippen LogP) is 3.64. The highest BCUT2D eigenvalue weighted by Gasteiger charge is 2.24. The summed E-state index contributed by atoms with van der Waals surface area (Å²) in [6.45, 7) is 1.78. The first-order chi connectivity index (χ1) is 14.3. The number of aliphatic hydroxyl groups is 1. The molecule has 1 aliphatic rings. The first-order valence-corrected chi connectivity index (χ1v) is 10.3. The van der Waals surface area contributed by atoms with Crippen LogP contribution in [0.5, 0.6) is 5.75 Å². The molecule has 0 saturated carbocycles. The quantitative estimate of drug-likeness (QED) is 0.640. The Morgan fingerprint density at radius 1 is 1.14 bits per heavy atom. The van der Waals surface area contributed by atoms with E-state index in [2.05, 4.69) is 22.3 Å². The summed E-state index contributed by atoms with van der Waals surface area (Å²) in [5.41, 5.74) is 2.13. The summed E-state index contributed by atoms with van der Waals surface area (Å²) in [7, 11) is 1.69. The van der Waals surface area contributed by atoms with E-state index in [4.69, 9.17) is 14.7 Å². The summed E-state index contributed by atoms with van der Waals surface area (Å²) in [5.74, 6) is 2.42. The van der Waals surface area contributed by atoms with Crippen LogP contribution in [0.4, 0.5) is 11.8 Å². The normalized spacial score (nSPS) is 16.8. The molecule has 2 heterocycles. The maximum atomic E-state index is 9.79. The summed E-state index contributed by atoms with van der Waals surface area (Å²) in [6, 6.07) is 16.3. The van der Waals surface area contributed by atoms with Crippen LogP contribution in [0.3, 0.4) is 0 Å². The minimum atomic E-state index is 0.0922. The molecule has 3 aromatic rings. The molecule has 0 aliphatic carbocycles. The number of methoxy groups -OCH3 is 1. The van der Waals surface area contributed by atoms with E-state index in [0.29, 0.717) is 5.95 Å². The third kappa shape index (κ3) is 4.43. The number of nitrogens with one attached hydrogen (secondary N) is 1. The van der Waals surface area contributed by atoms with Crippen molar-refractivity contribution in [3.05, 3.63) is 54.1 Å². The van der Waals surface area contributed by atoms with Crippen molar-refractivity contribution in [3.63, 3.8) is 0 Å². The molecule has 1 unspecified atom stereocenters. The SMILES string of the molecule is COc1cccc(CCNc2nc(N3CCCCC3CO)nc3ccccc23)c1. The summed E-state index contributed by atoms with van der Waals surface area (Å²) >= 11 is 0. The van der Waals surface area contributed by atoms with E-state index in [1.54, 1.807) is 7.11 Å². The third-order valence-corrected chi connectivity index (χ3v) is 5.53. The number of fused-ring (bicyclic) bond motifs is 1. The fourth-order valence-corrected chi connectivity index (χ4v) is 3.93. The van der Waals surface area contributed by atoms with Gasteiger partial charge in [0.05, 0.1) is 25.3 Å². The number of para-hydroxylation sites is 1. The van der Waals surface area contributed by atoms with Gasteiger partial charge in [-0.2, -0.15) is 4.98 Å². The van der Waals surface area contributed by atoms with Crippen molar-refractivity contribution in [3.8, 4) is 5.75 Å². The van der Waals surface area contributed by atoms with E-state index in [1.165, 1.54) is 5.56 Å². The van der Waals surface area contributed by atoms with Gasteiger partial charge >= 0.3 is 0 Å². The number of aliphatic hydroxyl groups excluding tert-OH is 1. The number of benzene rings is 2. The lowest BCUT2D eigenvalue weighted by atomic mass is 10.0. The van der Waals surface area contributed by atoms with Crippen LogP contribution in [-0.2, 0) is 6.42 Å². The maximum absolute atomic E-state index is 9.79. The van der Waals surface area contributed by atoms with Crippen molar-refractivity contribution in [2.24, 2.45) is 0 Å². The Balaban J connectivity index is 1.57. The lowest BCUT2D eigenvalue weighted by molar-refractivity contribution is 0.239. The minimum absolute atomic E-state index is 0.0922. The van der Waals surface area contributed by atoms with Crippen molar-refractivity contribution in [1.29, 1.82) is 0 Å². The van der Waals surface area contributed by atoms with E-state index in [-0.39, 0.29) is 12.6 Å². The van der Waals surface area contributed by atoms with Gasteiger partial charge in [-0.3, -0.25) is 0 Å². The Bertz CT molecular complexity index is 963. The third-order valence-electron chi connectivity index (χ3n) is 5.53. The van der Waals surface area contributed by atoms with E-state index in [9.17, 15) is 5.11 Å². The minimum Gasteiger partial charge on any atom is -0.497 e. The first kappa shape index (κ1) is 19.5. The van der Waals surface area contributed by atoms with Crippen molar-refractivity contribution < 1.29 is 9.84 Å². The fourth-order valence-electron chi connectivity index (χ4n) is 3.93. The number of ether oxygens (including phenoxy) is 1. The number of anilines is 2. The Kier molecular flexibility index (Phi) is 6.10. The molecule has 2 aromatic carbocycles. The van der Waals surface area contributed by atoms with Crippen molar-refractivity contribution >= 4 is 22.7 Å². The molecule has 1 atom stereocenters. The molecule has 1 fully saturated rings. The Labute approximate surface area is 171 Å². The van der Waals surface area contributed by atoms with Gasteiger partial charge in [-0.1, -0.05) is 24.3 Å². The second kappa shape index (κ2) is 9.09. The van der Waals surface area contributed by atoms with Gasteiger partial charge < -0.3 is 20.1 Å². The molecule has 1 aromatic heterocycles. The molecule has 4 rings (SSSR count). The van der Waals surface area contributed by atoms with Crippen LogP contribution in [0.25, 0.3) is 10.9 Å². The van der Waals surface area contributed by atoms with Gasteiger partial charge in [0, 0.05) is 18.5 Å². The standard InChI is InChI=1S/C23H28N4O2/c1-29-19-9-6-7-17(15-19)12-13-24-22-20-10-2-3-11-21(20)25-23(26-22)27-14-5-4-8-18(27)16-28/h2-3,6-7,9-11,15,18,28H,4-5,8,12-14,16H2,1H3,(H,24,25,26). The van der Waals surface area contributed by atoms with Crippen molar-refractivity contribution in [2.75, 3.05) is 37.0 Å². The van der Waals surface area contributed by atoms with Crippen LogP contribution >= 0.6 is 0 Å². The number of nitrogens with zero attached hydrogens (tertiary/aromatic N) is 3. The molecule has 2 N–H and O–H groups in total. The predicted molar refractivity (Wildman–Crippen MR) is 117 cm³/mol. The highest BCUT2D eigenvalue weighted by atomic mass is 16.5. The molecule has 0 spiro atoms. The molecule has 0 amide bonds. The van der Waals surface area contributed by atoms with Gasteiger partial charge in [0.15, 0.2) is 0 Å².